The van der Waals surface area contributed by atoms with Crippen molar-refractivity contribution in [3.05, 3.63) is 0 Å². The molecule has 1 atom stereocenters. The highest BCUT2D eigenvalue weighted by atomic mass is 16.3. The molecule has 1 unspecified atom stereocenters. The van der Waals surface area contributed by atoms with Crippen molar-refractivity contribution in [2.24, 2.45) is 11.1 Å². The molecule has 1 heterocycles. The second-order valence-corrected chi connectivity index (χ2v) is 5.85. The molecular formula is C14H26N2O2. The van der Waals surface area contributed by atoms with E-state index in [1.807, 2.05) is 0 Å². The molecule has 0 bridgehead atoms. The number of carbonyl (C=O) groups is 1. The van der Waals surface area contributed by atoms with E-state index in [-0.39, 0.29) is 12.0 Å². The van der Waals surface area contributed by atoms with Crippen LogP contribution in [-0.4, -0.2) is 41.7 Å². The van der Waals surface area contributed by atoms with E-state index in [9.17, 15) is 4.79 Å². The van der Waals surface area contributed by atoms with E-state index in [1.54, 1.807) is 0 Å². The summed E-state index contributed by atoms with van der Waals surface area (Å²) in [5, 5.41) is 8.94. The van der Waals surface area contributed by atoms with Gasteiger partial charge in [0.15, 0.2) is 0 Å². The van der Waals surface area contributed by atoms with Gasteiger partial charge in [-0.3, -0.25) is 4.79 Å². The summed E-state index contributed by atoms with van der Waals surface area (Å²) in [5.74, 6) is 0.294. The van der Waals surface area contributed by atoms with Crippen LogP contribution in [0.3, 0.4) is 0 Å². The number of hydrogen-bond acceptors (Lipinski definition) is 3. The Kier molecular flexibility index (Phi) is 4.62. The average molecular weight is 254 g/mol. The zero-order chi connectivity index (χ0) is 13.0. The van der Waals surface area contributed by atoms with Crippen molar-refractivity contribution in [3.8, 4) is 0 Å². The predicted molar refractivity (Wildman–Crippen MR) is 71.0 cm³/mol. The summed E-state index contributed by atoms with van der Waals surface area (Å²) < 4.78 is 0. The molecule has 1 saturated carbocycles. The molecule has 0 aromatic carbocycles. The fourth-order valence-electron chi connectivity index (χ4n) is 3.59. The van der Waals surface area contributed by atoms with Gasteiger partial charge >= 0.3 is 0 Å². The number of carbonyl (C=O) groups excluding carboxylic acids is 1. The molecule has 0 radical (unpaired) electrons. The maximum absolute atomic E-state index is 12.8. The summed E-state index contributed by atoms with van der Waals surface area (Å²) in [6.07, 6.45) is 8.12. The topological polar surface area (TPSA) is 66.6 Å². The second kappa shape index (κ2) is 6.02. The molecule has 2 rings (SSSR count). The minimum absolute atomic E-state index is 0.223. The molecular weight excluding hydrogens is 228 g/mol. The number of aliphatic hydroxyl groups excluding tert-OH is 1. The number of amides is 1. The minimum atomic E-state index is -0.262. The van der Waals surface area contributed by atoms with Crippen molar-refractivity contribution >= 4 is 5.91 Å². The monoisotopic (exact) mass is 254 g/mol. The molecule has 4 nitrogen and oxygen atoms in total. The number of aliphatic hydroxyl groups is 1. The molecule has 1 saturated heterocycles. The van der Waals surface area contributed by atoms with Gasteiger partial charge in [-0.15, -0.1) is 0 Å². The van der Waals surface area contributed by atoms with E-state index in [1.165, 1.54) is 0 Å². The maximum Gasteiger partial charge on any atom is 0.230 e. The number of rotatable bonds is 5. The molecule has 18 heavy (non-hydrogen) atoms. The molecule has 104 valence electrons. The standard InChI is InChI=1S/C14H26N2O2/c15-11-14(7-1-2-8-14)13(18)16-9-3-5-12(16)6-4-10-17/h12,17H,1-11,15H2. The summed E-state index contributed by atoms with van der Waals surface area (Å²) in [5.41, 5.74) is 5.63. The van der Waals surface area contributed by atoms with E-state index < -0.39 is 0 Å². The van der Waals surface area contributed by atoms with E-state index in [4.69, 9.17) is 10.8 Å². The lowest BCUT2D eigenvalue weighted by molar-refractivity contribution is -0.142. The lowest BCUT2D eigenvalue weighted by Crippen LogP contribution is -2.48. The van der Waals surface area contributed by atoms with Crippen molar-refractivity contribution in [1.82, 2.24) is 4.90 Å². The molecule has 1 aliphatic heterocycles. The molecule has 0 aromatic heterocycles. The molecule has 1 amide bonds. The summed E-state index contributed by atoms with van der Waals surface area (Å²) in [6, 6.07) is 0.341. The van der Waals surface area contributed by atoms with Crippen LogP contribution in [0.25, 0.3) is 0 Å². The highest BCUT2D eigenvalue weighted by Crippen LogP contribution is 2.40. The molecule has 0 spiro atoms. The zero-order valence-electron chi connectivity index (χ0n) is 11.2. The number of likely N-dealkylation sites (tertiary alicyclic amines) is 1. The van der Waals surface area contributed by atoms with Gasteiger partial charge in [-0.05, 0) is 38.5 Å². The predicted octanol–water partition coefficient (Wildman–Crippen LogP) is 1.27. The van der Waals surface area contributed by atoms with Crippen molar-refractivity contribution < 1.29 is 9.90 Å². The van der Waals surface area contributed by atoms with Crippen LogP contribution in [-0.2, 0) is 4.79 Å². The highest BCUT2D eigenvalue weighted by molar-refractivity contribution is 5.84. The number of nitrogens with zero attached hydrogens (tertiary/aromatic N) is 1. The van der Waals surface area contributed by atoms with Gasteiger partial charge in [0.1, 0.15) is 0 Å². The first-order valence-corrected chi connectivity index (χ1v) is 7.35. The van der Waals surface area contributed by atoms with Gasteiger partial charge in [-0.25, -0.2) is 0 Å². The smallest absolute Gasteiger partial charge is 0.230 e. The van der Waals surface area contributed by atoms with Crippen LogP contribution >= 0.6 is 0 Å². The van der Waals surface area contributed by atoms with Crippen LogP contribution in [0.5, 0.6) is 0 Å². The van der Waals surface area contributed by atoms with E-state index in [0.29, 0.717) is 18.5 Å². The maximum atomic E-state index is 12.8. The Morgan fingerprint density at radius 2 is 2.06 bits per heavy atom. The van der Waals surface area contributed by atoms with Crippen LogP contribution in [0.4, 0.5) is 0 Å². The largest absolute Gasteiger partial charge is 0.396 e. The summed E-state index contributed by atoms with van der Waals surface area (Å²) in [6.45, 7) is 1.60. The van der Waals surface area contributed by atoms with Crippen molar-refractivity contribution in [2.45, 2.75) is 57.4 Å². The molecule has 0 aromatic rings. The fourth-order valence-corrected chi connectivity index (χ4v) is 3.59. The fraction of sp³-hybridized carbons (Fsp3) is 0.929. The molecule has 1 aliphatic carbocycles. The van der Waals surface area contributed by atoms with Crippen LogP contribution in [0.15, 0.2) is 0 Å². The van der Waals surface area contributed by atoms with E-state index >= 15 is 0 Å². The Morgan fingerprint density at radius 3 is 2.67 bits per heavy atom. The van der Waals surface area contributed by atoms with Gasteiger partial charge in [0, 0.05) is 25.7 Å². The van der Waals surface area contributed by atoms with Crippen molar-refractivity contribution in [3.63, 3.8) is 0 Å². The summed E-state index contributed by atoms with van der Waals surface area (Å²) in [7, 11) is 0. The third-order valence-corrected chi connectivity index (χ3v) is 4.74. The average Bonchev–Trinajstić information content (AvgIpc) is 3.05. The van der Waals surface area contributed by atoms with Gasteiger partial charge in [0.2, 0.25) is 5.91 Å². The van der Waals surface area contributed by atoms with Crippen molar-refractivity contribution in [1.29, 1.82) is 0 Å². The number of nitrogens with two attached hydrogens (primary N) is 1. The Hall–Kier alpha value is -0.610. The Bertz CT molecular complexity index is 288. The Labute approximate surface area is 110 Å². The molecule has 2 fully saturated rings. The summed E-state index contributed by atoms with van der Waals surface area (Å²) in [4.78, 5) is 14.8. The van der Waals surface area contributed by atoms with Gasteiger partial charge in [-0.2, -0.15) is 0 Å². The van der Waals surface area contributed by atoms with Gasteiger partial charge in [0.25, 0.3) is 0 Å². The first-order valence-electron chi connectivity index (χ1n) is 7.35. The highest BCUT2D eigenvalue weighted by Gasteiger charge is 2.44. The molecule has 4 heteroatoms. The van der Waals surface area contributed by atoms with E-state index in [0.717, 1.165) is 57.9 Å². The van der Waals surface area contributed by atoms with Gasteiger partial charge in [-0.1, -0.05) is 12.8 Å². The molecule has 2 aliphatic rings. The Balaban J connectivity index is 2.02. The van der Waals surface area contributed by atoms with Gasteiger partial charge in [0.05, 0.1) is 5.41 Å². The van der Waals surface area contributed by atoms with Crippen LogP contribution in [0, 0.1) is 5.41 Å². The van der Waals surface area contributed by atoms with Crippen LogP contribution in [0.1, 0.15) is 51.4 Å². The Morgan fingerprint density at radius 1 is 1.33 bits per heavy atom. The normalized spacial score (nSPS) is 26.8. The first kappa shape index (κ1) is 13.8. The zero-order valence-corrected chi connectivity index (χ0v) is 11.2. The lowest BCUT2D eigenvalue weighted by atomic mass is 9.84. The first-order chi connectivity index (χ1) is 8.73. The van der Waals surface area contributed by atoms with Gasteiger partial charge < -0.3 is 15.7 Å². The van der Waals surface area contributed by atoms with Crippen LogP contribution in [0.2, 0.25) is 0 Å². The van der Waals surface area contributed by atoms with Crippen molar-refractivity contribution in [2.75, 3.05) is 19.7 Å². The second-order valence-electron chi connectivity index (χ2n) is 5.85. The third-order valence-electron chi connectivity index (χ3n) is 4.74. The molecule has 3 N–H and O–H groups in total. The quantitative estimate of drug-likeness (QED) is 0.776. The number of hydrogen-bond donors (Lipinski definition) is 2. The summed E-state index contributed by atoms with van der Waals surface area (Å²) >= 11 is 0. The third kappa shape index (κ3) is 2.54. The lowest BCUT2D eigenvalue weighted by Gasteiger charge is -2.34. The van der Waals surface area contributed by atoms with Crippen LogP contribution < -0.4 is 5.73 Å². The minimum Gasteiger partial charge on any atom is -0.396 e. The SMILES string of the molecule is NCC1(C(=O)N2CCCC2CCCO)CCCC1. The van der Waals surface area contributed by atoms with E-state index in [2.05, 4.69) is 4.90 Å².